The fraction of sp³-hybridized carbons (Fsp3) is 0.643. The molecule has 0 amide bonds. The molecule has 0 saturated carbocycles. The number of anilines is 1. The first kappa shape index (κ1) is 13.3. The molecular formula is C14H23N3O. The van der Waals surface area contributed by atoms with E-state index in [1.165, 1.54) is 5.56 Å². The van der Waals surface area contributed by atoms with Crippen molar-refractivity contribution >= 4 is 5.82 Å². The lowest BCUT2D eigenvalue weighted by molar-refractivity contribution is 0.102. The number of hydrogen-bond donors (Lipinski definition) is 2. The average molecular weight is 249 g/mol. The van der Waals surface area contributed by atoms with E-state index in [0.717, 1.165) is 18.8 Å². The zero-order valence-electron chi connectivity index (χ0n) is 11.4. The van der Waals surface area contributed by atoms with Gasteiger partial charge in [-0.2, -0.15) is 0 Å². The number of nitrogens with one attached hydrogen (secondary N) is 1. The lowest BCUT2D eigenvalue weighted by Gasteiger charge is -2.35. The third kappa shape index (κ3) is 2.82. The van der Waals surface area contributed by atoms with Crippen LogP contribution in [0.15, 0.2) is 18.3 Å². The standard InChI is InChI=1S/C14H23N3O/c1-10-6-7-17(9-13(10)18)14-5-4-12(8-16-14)11(2)15-3/h4-5,8,10-11,13,15,18H,6-7,9H2,1-3H3. The maximum atomic E-state index is 9.91. The first-order valence-corrected chi connectivity index (χ1v) is 6.68. The fourth-order valence-electron chi connectivity index (χ4n) is 2.26. The first-order valence-electron chi connectivity index (χ1n) is 6.68. The Hall–Kier alpha value is -1.13. The van der Waals surface area contributed by atoms with Crippen LogP contribution in [0.25, 0.3) is 0 Å². The Labute approximate surface area is 109 Å². The maximum absolute atomic E-state index is 9.91. The van der Waals surface area contributed by atoms with Gasteiger partial charge in [0.15, 0.2) is 0 Å². The average Bonchev–Trinajstić information content (AvgIpc) is 2.41. The SMILES string of the molecule is CNC(C)c1ccc(N2CCC(C)C(O)C2)nc1. The van der Waals surface area contributed by atoms with Gasteiger partial charge < -0.3 is 15.3 Å². The summed E-state index contributed by atoms with van der Waals surface area (Å²) in [5.74, 6) is 1.36. The van der Waals surface area contributed by atoms with Crippen molar-refractivity contribution in [3.8, 4) is 0 Å². The van der Waals surface area contributed by atoms with E-state index in [9.17, 15) is 5.11 Å². The van der Waals surface area contributed by atoms with E-state index >= 15 is 0 Å². The van der Waals surface area contributed by atoms with E-state index in [1.807, 2.05) is 19.3 Å². The van der Waals surface area contributed by atoms with Gasteiger partial charge in [-0.05, 0) is 37.9 Å². The topological polar surface area (TPSA) is 48.4 Å². The summed E-state index contributed by atoms with van der Waals surface area (Å²) in [7, 11) is 1.95. The molecule has 2 heterocycles. The van der Waals surface area contributed by atoms with E-state index in [2.05, 4.69) is 35.1 Å². The molecule has 0 spiro atoms. The molecule has 0 aromatic carbocycles. The third-order valence-electron chi connectivity index (χ3n) is 3.95. The Bertz CT molecular complexity index is 379. The molecule has 1 aromatic rings. The molecule has 3 unspecified atom stereocenters. The van der Waals surface area contributed by atoms with Gasteiger partial charge in [0, 0.05) is 25.3 Å². The zero-order valence-corrected chi connectivity index (χ0v) is 11.4. The largest absolute Gasteiger partial charge is 0.391 e. The lowest BCUT2D eigenvalue weighted by atomic mass is 9.96. The summed E-state index contributed by atoms with van der Waals surface area (Å²) in [4.78, 5) is 6.67. The minimum atomic E-state index is -0.239. The Kier molecular flexibility index (Phi) is 4.19. The molecule has 3 atom stereocenters. The predicted molar refractivity (Wildman–Crippen MR) is 73.7 cm³/mol. The summed E-state index contributed by atoms with van der Waals surface area (Å²) in [5, 5.41) is 13.1. The zero-order chi connectivity index (χ0) is 13.1. The highest BCUT2D eigenvalue weighted by Crippen LogP contribution is 2.22. The second-order valence-electron chi connectivity index (χ2n) is 5.24. The van der Waals surface area contributed by atoms with Gasteiger partial charge in [-0.1, -0.05) is 13.0 Å². The number of aromatic nitrogens is 1. The number of β-amino-alcohol motifs (C(OH)–C–C–N with tert-alkyl or cyclic N) is 1. The molecular weight excluding hydrogens is 226 g/mol. The molecule has 2 rings (SSSR count). The second kappa shape index (κ2) is 5.67. The van der Waals surface area contributed by atoms with E-state index < -0.39 is 0 Å². The van der Waals surface area contributed by atoms with Gasteiger partial charge >= 0.3 is 0 Å². The van der Waals surface area contributed by atoms with Crippen molar-refractivity contribution in [1.29, 1.82) is 0 Å². The number of pyridine rings is 1. The number of hydrogen-bond acceptors (Lipinski definition) is 4. The van der Waals surface area contributed by atoms with E-state index in [4.69, 9.17) is 0 Å². The summed E-state index contributed by atoms with van der Waals surface area (Å²) in [6.07, 6.45) is 2.70. The second-order valence-corrected chi connectivity index (χ2v) is 5.24. The highest BCUT2D eigenvalue weighted by Gasteiger charge is 2.24. The molecule has 0 bridgehead atoms. The van der Waals surface area contributed by atoms with Crippen LogP contribution >= 0.6 is 0 Å². The van der Waals surface area contributed by atoms with Crippen LogP contribution in [-0.2, 0) is 0 Å². The van der Waals surface area contributed by atoms with Crippen molar-refractivity contribution in [2.45, 2.75) is 32.4 Å². The van der Waals surface area contributed by atoms with Crippen LogP contribution in [0.5, 0.6) is 0 Å². The molecule has 1 saturated heterocycles. The summed E-state index contributed by atoms with van der Waals surface area (Å²) in [6.45, 7) is 5.89. The monoisotopic (exact) mass is 249 g/mol. The number of aliphatic hydroxyl groups excluding tert-OH is 1. The van der Waals surface area contributed by atoms with Crippen molar-refractivity contribution < 1.29 is 5.11 Å². The molecule has 100 valence electrons. The van der Waals surface area contributed by atoms with Gasteiger partial charge in [0.25, 0.3) is 0 Å². The first-order chi connectivity index (χ1) is 8.61. The molecule has 0 radical (unpaired) electrons. The highest BCUT2D eigenvalue weighted by molar-refractivity contribution is 5.40. The van der Waals surface area contributed by atoms with Crippen LogP contribution in [0.1, 0.15) is 31.9 Å². The summed E-state index contributed by atoms with van der Waals surface area (Å²) in [6, 6.07) is 4.47. The van der Waals surface area contributed by atoms with E-state index in [0.29, 0.717) is 18.5 Å². The molecule has 18 heavy (non-hydrogen) atoms. The summed E-state index contributed by atoms with van der Waals surface area (Å²) < 4.78 is 0. The van der Waals surface area contributed by atoms with Crippen molar-refractivity contribution in [3.05, 3.63) is 23.9 Å². The van der Waals surface area contributed by atoms with Crippen molar-refractivity contribution in [3.63, 3.8) is 0 Å². The highest BCUT2D eigenvalue weighted by atomic mass is 16.3. The van der Waals surface area contributed by atoms with Gasteiger partial charge in [0.2, 0.25) is 0 Å². The van der Waals surface area contributed by atoms with Crippen LogP contribution < -0.4 is 10.2 Å². The van der Waals surface area contributed by atoms with Gasteiger partial charge in [-0.25, -0.2) is 4.98 Å². The number of nitrogens with zero attached hydrogens (tertiary/aromatic N) is 2. The normalized spacial score (nSPS) is 26.1. The maximum Gasteiger partial charge on any atom is 0.128 e. The minimum Gasteiger partial charge on any atom is -0.391 e. The van der Waals surface area contributed by atoms with Gasteiger partial charge in [0.05, 0.1) is 6.10 Å². The molecule has 1 aromatic heterocycles. The Morgan fingerprint density at radius 3 is 2.83 bits per heavy atom. The minimum absolute atomic E-state index is 0.239. The van der Waals surface area contributed by atoms with Crippen molar-refractivity contribution in [2.24, 2.45) is 5.92 Å². The fourth-order valence-corrected chi connectivity index (χ4v) is 2.26. The lowest BCUT2D eigenvalue weighted by Crippen LogP contribution is -2.43. The van der Waals surface area contributed by atoms with Crippen LogP contribution in [0.2, 0.25) is 0 Å². The summed E-state index contributed by atoms with van der Waals surface area (Å²) in [5.41, 5.74) is 1.19. The molecule has 1 aliphatic rings. The quantitative estimate of drug-likeness (QED) is 0.853. The Morgan fingerprint density at radius 1 is 1.50 bits per heavy atom. The number of rotatable bonds is 3. The molecule has 4 nitrogen and oxygen atoms in total. The molecule has 1 aliphatic heterocycles. The van der Waals surface area contributed by atoms with Crippen LogP contribution in [0, 0.1) is 5.92 Å². The van der Waals surface area contributed by atoms with E-state index in [-0.39, 0.29) is 6.10 Å². The molecule has 0 aliphatic carbocycles. The molecule has 4 heteroatoms. The van der Waals surface area contributed by atoms with Crippen LogP contribution in [0.4, 0.5) is 5.82 Å². The number of piperidine rings is 1. The Balaban J connectivity index is 2.06. The molecule has 2 N–H and O–H groups in total. The van der Waals surface area contributed by atoms with E-state index in [1.54, 1.807) is 0 Å². The Morgan fingerprint density at radius 2 is 2.28 bits per heavy atom. The van der Waals surface area contributed by atoms with Gasteiger partial charge in [-0.3, -0.25) is 0 Å². The van der Waals surface area contributed by atoms with Gasteiger partial charge in [0.1, 0.15) is 5.82 Å². The number of aliphatic hydroxyl groups is 1. The smallest absolute Gasteiger partial charge is 0.128 e. The summed E-state index contributed by atoms with van der Waals surface area (Å²) >= 11 is 0. The van der Waals surface area contributed by atoms with Gasteiger partial charge in [-0.15, -0.1) is 0 Å². The van der Waals surface area contributed by atoms with Crippen molar-refractivity contribution in [2.75, 3.05) is 25.0 Å². The van der Waals surface area contributed by atoms with Crippen LogP contribution in [0.3, 0.4) is 0 Å². The molecule has 1 fully saturated rings. The van der Waals surface area contributed by atoms with Crippen LogP contribution in [-0.4, -0.2) is 36.3 Å². The third-order valence-corrected chi connectivity index (χ3v) is 3.95. The van der Waals surface area contributed by atoms with Crippen molar-refractivity contribution in [1.82, 2.24) is 10.3 Å². The predicted octanol–water partition coefficient (Wildman–Crippen LogP) is 1.57.